The number of anilines is 2. The Balaban J connectivity index is 1.56. The molecule has 0 radical (unpaired) electrons. The maximum atomic E-state index is 5.76. The molecule has 0 unspecified atom stereocenters. The smallest absolute Gasteiger partial charge is 0.322 e. The van der Waals surface area contributed by atoms with Gasteiger partial charge in [0.2, 0.25) is 0 Å². The third-order valence-electron chi connectivity index (χ3n) is 3.55. The first-order chi connectivity index (χ1) is 12.2. The molecule has 25 heavy (non-hydrogen) atoms. The number of rotatable bonds is 4. The van der Waals surface area contributed by atoms with Crippen LogP contribution in [-0.2, 0) is 0 Å². The average molecular weight is 332 g/mol. The van der Waals surface area contributed by atoms with Gasteiger partial charge in [-0.1, -0.05) is 18.2 Å². The van der Waals surface area contributed by atoms with E-state index in [0.29, 0.717) is 17.8 Å². The Morgan fingerprint density at radius 1 is 0.880 bits per heavy atom. The van der Waals surface area contributed by atoms with Crippen molar-refractivity contribution in [2.45, 2.75) is 13.8 Å². The maximum absolute atomic E-state index is 5.76. The van der Waals surface area contributed by atoms with Gasteiger partial charge in [0.05, 0.1) is 0 Å². The summed E-state index contributed by atoms with van der Waals surface area (Å²) in [6.45, 7) is 3.82. The maximum Gasteiger partial charge on any atom is 0.322 e. The van der Waals surface area contributed by atoms with Gasteiger partial charge in [0.1, 0.15) is 11.3 Å². The molecule has 0 bridgehead atoms. The van der Waals surface area contributed by atoms with Crippen molar-refractivity contribution in [3.63, 3.8) is 0 Å². The molecule has 0 saturated carbocycles. The van der Waals surface area contributed by atoms with E-state index in [9.17, 15) is 0 Å². The minimum Gasteiger partial charge on any atom is -0.424 e. The van der Waals surface area contributed by atoms with E-state index in [-0.39, 0.29) is 0 Å². The molecule has 2 heterocycles. The Morgan fingerprint density at radius 2 is 1.68 bits per heavy atom. The van der Waals surface area contributed by atoms with E-state index in [1.54, 1.807) is 0 Å². The number of benzene rings is 2. The van der Waals surface area contributed by atoms with Crippen molar-refractivity contribution in [2.75, 3.05) is 5.32 Å². The number of fused-ring (bicyclic) bond motifs is 1. The quantitative estimate of drug-likeness (QED) is 0.580. The lowest BCUT2D eigenvalue weighted by Gasteiger charge is -2.07. The Hall–Kier alpha value is -3.41. The Kier molecular flexibility index (Phi) is 3.78. The SMILES string of the molecule is Cc1cc(C)nc(Oc2cccc(Nc3nc4ccccc4o3)c2)n1. The van der Waals surface area contributed by atoms with Gasteiger partial charge in [-0.3, -0.25) is 0 Å². The van der Waals surface area contributed by atoms with Gasteiger partial charge in [-0.05, 0) is 44.2 Å². The molecule has 0 aliphatic carbocycles. The van der Waals surface area contributed by atoms with Gasteiger partial charge in [0, 0.05) is 23.1 Å². The summed E-state index contributed by atoms with van der Waals surface area (Å²) in [7, 11) is 0. The zero-order chi connectivity index (χ0) is 17.2. The molecule has 0 aliphatic heterocycles. The number of para-hydroxylation sites is 2. The van der Waals surface area contributed by atoms with E-state index >= 15 is 0 Å². The highest BCUT2D eigenvalue weighted by atomic mass is 16.5. The molecule has 124 valence electrons. The molecule has 1 N–H and O–H groups in total. The van der Waals surface area contributed by atoms with Crippen molar-refractivity contribution < 1.29 is 9.15 Å². The number of hydrogen-bond donors (Lipinski definition) is 1. The first-order valence-corrected chi connectivity index (χ1v) is 7.88. The van der Waals surface area contributed by atoms with E-state index in [0.717, 1.165) is 28.2 Å². The highest BCUT2D eigenvalue weighted by Crippen LogP contribution is 2.26. The van der Waals surface area contributed by atoms with Crippen LogP contribution in [-0.4, -0.2) is 15.0 Å². The summed E-state index contributed by atoms with van der Waals surface area (Å²) in [4.78, 5) is 13.0. The van der Waals surface area contributed by atoms with Gasteiger partial charge in [-0.25, -0.2) is 9.97 Å². The van der Waals surface area contributed by atoms with Gasteiger partial charge in [-0.15, -0.1) is 0 Å². The van der Waals surface area contributed by atoms with Crippen molar-refractivity contribution >= 4 is 22.8 Å². The van der Waals surface area contributed by atoms with E-state index in [2.05, 4.69) is 20.3 Å². The molecular formula is C19H16N4O2. The molecule has 0 spiro atoms. The summed E-state index contributed by atoms with van der Waals surface area (Å²) >= 11 is 0. The normalized spacial score (nSPS) is 10.8. The molecule has 0 saturated heterocycles. The van der Waals surface area contributed by atoms with Gasteiger partial charge in [0.25, 0.3) is 6.01 Å². The van der Waals surface area contributed by atoms with Crippen LogP contribution in [0.5, 0.6) is 11.8 Å². The van der Waals surface area contributed by atoms with Crippen molar-refractivity contribution in [1.29, 1.82) is 0 Å². The van der Waals surface area contributed by atoms with E-state index in [1.807, 2.05) is 68.4 Å². The van der Waals surface area contributed by atoms with Crippen LogP contribution in [0.4, 0.5) is 11.7 Å². The third-order valence-corrected chi connectivity index (χ3v) is 3.55. The molecular weight excluding hydrogens is 316 g/mol. The molecule has 6 nitrogen and oxygen atoms in total. The number of nitrogens with zero attached hydrogens (tertiary/aromatic N) is 3. The lowest BCUT2D eigenvalue weighted by atomic mass is 10.3. The lowest BCUT2D eigenvalue weighted by Crippen LogP contribution is -1.96. The summed E-state index contributed by atoms with van der Waals surface area (Å²) < 4.78 is 11.4. The summed E-state index contributed by atoms with van der Waals surface area (Å²) in [5.41, 5.74) is 4.07. The summed E-state index contributed by atoms with van der Waals surface area (Å²) in [5, 5.41) is 3.14. The first kappa shape index (κ1) is 15.1. The summed E-state index contributed by atoms with van der Waals surface area (Å²) in [6, 6.07) is 17.8. The van der Waals surface area contributed by atoms with E-state index < -0.39 is 0 Å². The van der Waals surface area contributed by atoms with Crippen molar-refractivity contribution in [2.24, 2.45) is 0 Å². The van der Waals surface area contributed by atoms with Gasteiger partial charge in [0.15, 0.2) is 5.58 Å². The fourth-order valence-electron chi connectivity index (χ4n) is 2.53. The van der Waals surface area contributed by atoms with Crippen LogP contribution in [0.15, 0.2) is 59.0 Å². The largest absolute Gasteiger partial charge is 0.424 e. The predicted octanol–water partition coefficient (Wildman–Crippen LogP) is 4.77. The molecule has 0 aliphatic rings. The second kappa shape index (κ2) is 6.24. The fraction of sp³-hybridized carbons (Fsp3) is 0.105. The van der Waals surface area contributed by atoms with Crippen molar-refractivity contribution in [3.05, 3.63) is 66.0 Å². The van der Waals surface area contributed by atoms with Crippen LogP contribution < -0.4 is 10.1 Å². The van der Waals surface area contributed by atoms with Crippen LogP contribution in [0.3, 0.4) is 0 Å². The molecule has 0 atom stereocenters. The predicted molar refractivity (Wildman–Crippen MR) is 95.3 cm³/mol. The fourth-order valence-corrected chi connectivity index (χ4v) is 2.53. The minimum absolute atomic E-state index is 0.330. The third kappa shape index (κ3) is 3.42. The van der Waals surface area contributed by atoms with E-state index in [4.69, 9.17) is 9.15 Å². The van der Waals surface area contributed by atoms with Crippen molar-refractivity contribution in [3.8, 4) is 11.8 Å². The number of oxazole rings is 1. The molecule has 2 aromatic heterocycles. The van der Waals surface area contributed by atoms with Crippen LogP contribution in [0.2, 0.25) is 0 Å². The van der Waals surface area contributed by atoms with Crippen molar-refractivity contribution in [1.82, 2.24) is 15.0 Å². The Labute approximate surface area is 144 Å². The number of ether oxygens (including phenoxy) is 1. The van der Waals surface area contributed by atoms with Gasteiger partial charge < -0.3 is 14.5 Å². The number of aromatic nitrogens is 3. The average Bonchev–Trinajstić information content (AvgIpc) is 2.96. The minimum atomic E-state index is 0.330. The van der Waals surface area contributed by atoms with Crippen LogP contribution >= 0.6 is 0 Å². The monoisotopic (exact) mass is 332 g/mol. The zero-order valence-corrected chi connectivity index (χ0v) is 13.9. The second-order valence-corrected chi connectivity index (χ2v) is 5.67. The lowest BCUT2D eigenvalue weighted by molar-refractivity contribution is 0.439. The highest BCUT2D eigenvalue weighted by Gasteiger charge is 2.07. The van der Waals surface area contributed by atoms with Crippen LogP contribution in [0.1, 0.15) is 11.4 Å². The molecule has 4 rings (SSSR count). The molecule has 2 aromatic carbocycles. The summed E-state index contributed by atoms with van der Waals surface area (Å²) in [5.74, 6) is 0.631. The topological polar surface area (TPSA) is 73.1 Å². The van der Waals surface area contributed by atoms with Gasteiger partial charge in [-0.2, -0.15) is 4.98 Å². The molecule has 0 amide bonds. The van der Waals surface area contributed by atoms with E-state index in [1.165, 1.54) is 0 Å². The molecule has 6 heteroatoms. The van der Waals surface area contributed by atoms with Crippen LogP contribution in [0.25, 0.3) is 11.1 Å². The second-order valence-electron chi connectivity index (χ2n) is 5.67. The number of nitrogens with one attached hydrogen (secondary N) is 1. The number of hydrogen-bond acceptors (Lipinski definition) is 6. The van der Waals surface area contributed by atoms with Gasteiger partial charge >= 0.3 is 6.01 Å². The number of aryl methyl sites for hydroxylation is 2. The van der Waals surface area contributed by atoms with Crippen LogP contribution in [0, 0.1) is 13.8 Å². The Bertz CT molecular complexity index is 989. The molecule has 0 fully saturated rings. The summed E-state index contributed by atoms with van der Waals surface area (Å²) in [6.07, 6.45) is 0. The highest BCUT2D eigenvalue weighted by molar-refractivity contribution is 5.75. The molecule has 4 aromatic rings. The Morgan fingerprint density at radius 3 is 2.48 bits per heavy atom. The first-order valence-electron chi connectivity index (χ1n) is 7.88. The zero-order valence-electron chi connectivity index (χ0n) is 13.9. The standard InChI is InChI=1S/C19H16N4O2/c1-12-10-13(2)21-18(20-12)24-15-7-5-6-14(11-15)22-19-23-16-8-3-4-9-17(16)25-19/h3-11H,1-2H3,(H,22,23).